The van der Waals surface area contributed by atoms with Gasteiger partial charge in [-0.1, -0.05) is 23.7 Å². The van der Waals surface area contributed by atoms with Crippen molar-refractivity contribution in [3.05, 3.63) is 58.9 Å². The van der Waals surface area contributed by atoms with E-state index in [9.17, 15) is 4.39 Å². The van der Waals surface area contributed by atoms with Crippen molar-refractivity contribution in [2.75, 3.05) is 30.9 Å². The Hall–Kier alpha value is -2.44. The molecule has 2 N–H and O–H groups in total. The number of para-hydroxylation sites is 1. The zero-order valence-corrected chi connectivity index (χ0v) is 18.8. The fourth-order valence-corrected chi connectivity index (χ4v) is 4.43. The summed E-state index contributed by atoms with van der Waals surface area (Å²) in [6, 6.07) is 13.0. The lowest BCUT2D eigenvalue weighted by molar-refractivity contribution is 0.323. The Labute approximate surface area is 188 Å². The third kappa shape index (κ3) is 5.43. The van der Waals surface area contributed by atoms with Crippen LogP contribution in [0.5, 0.6) is 0 Å². The van der Waals surface area contributed by atoms with E-state index < -0.39 is 0 Å². The molecule has 31 heavy (non-hydrogen) atoms. The summed E-state index contributed by atoms with van der Waals surface area (Å²) in [5.74, 6) is 1.99. The Morgan fingerprint density at radius 2 is 1.84 bits per heavy atom. The Kier molecular flexibility index (Phi) is 6.88. The van der Waals surface area contributed by atoms with Crippen LogP contribution < -0.4 is 15.5 Å². The van der Waals surface area contributed by atoms with E-state index in [0.29, 0.717) is 29.5 Å². The number of aromatic nitrogens is 2. The lowest BCUT2D eigenvalue weighted by Gasteiger charge is -2.29. The van der Waals surface area contributed by atoms with Crippen molar-refractivity contribution in [2.45, 2.75) is 38.3 Å². The van der Waals surface area contributed by atoms with Crippen molar-refractivity contribution in [3.8, 4) is 0 Å². The van der Waals surface area contributed by atoms with Gasteiger partial charge in [0.1, 0.15) is 11.6 Å². The molecule has 0 aliphatic heterocycles. The van der Waals surface area contributed by atoms with E-state index in [1.54, 1.807) is 6.07 Å². The topological polar surface area (TPSA) is 53.1 Å². The highest BCUT2D eigenvalue weighted by atomic mass is 35.5. The maximum absolute atomic E-state index is 13.4. The third-order valence-electron chi connectivity index (χ3n) is 5.94. The number of hydrogen-bond acceptors (Lipinski definition) is 5. The van der Waals surface area contributed by atoms with Gasteiger partial charge in [0.15, 0.2) is 0 Å². The van der Waals surface area contributed by atoms with Gasteiger partial charge in [-0.25, -0.2) is 9.37 Å². The van der Waals surface area contributed by atoms with Gasteiger partial charge in [0.25, 0.3) is 0 Å². The van der Waals surface area contributed by atoms with Crippen LogP contribution in [-0.2, 0) is 6.54 Å². The molecule has 1 aliphatic carbocycles. The molecule has 0 saturated heterocycles. The van der Waals surface area contributed by atoms with Crippen molar-refractivity contribution in [2.24, 2.45) is 5.92 Å². The molecule has 5 nitrogen and oxygen atoms in total. The first-order valence-electron chi connectivity index (χ1n) is 10.8. The number of hydrogen-bond donors (Lipinski definition) is 2. The van der Waals surface area contributed by atoms with Gasteiger partial charge in [0.2, 0.25) is 5.95 Å². The second kappa shape index (κ2) is 9.79. The van der Waals surface area contributed by atoms with Gasteiger partial charge >= 0.3 is 0 Å². The SMILES string of the molecule is CN(C)c1nc(N[C@H]2CC[C@@H](CNCc3cc(F)ccc3Cl)CC2)nc2ccccc12. The van der Waals surface area contributed by atoms with Crippen LogP contribution in [0, 0.1) is 11.7 Å². The molecule has 1 saturated carbocycles. The number of fused-ring (bicyclic) bond motifs is 1. The zero-order chi connectivity index (χ0) is 21.8. The predicted octanol–water partition coefficient (Wildman–Crippen LogP) is 5.25. The highest BCUT2D eigenvalue weighted by molar-refractivity contribution is 6.31. The highest BCUT2D eigenvalue weighted by Crippen LogP contribution is 2.28. The normalized spacial score (nSPS) is 18.8. The van der Waals surface area contributed by atoms with E-state index in [4.69, 9.17) is 21.6 Å². The molecule has 1 fully saturated rings. The fraction of sp³-hybridized carbons (Fsp3) is 0.417. The van der Waals surface area contributed by atoms with Crippen molar-refractivity contribution in [1.82, 2.24) is 15.3 Å². The molecule has 3 aromatic rings. The molecule has 1 aliphatic rings. The van der Waals surface area contributed by atoms with Gasteiger partial charge in [-0.2, -0.15) is 4.98 Å². The molecule has 164 valence electrons. The summed E-state index contributed by atoms with van der Waals surface area (Å²) in [6.45, 7) is 1.50. The van der Waals surface area contributed by atoms with E-state index in [0.717, 1.165) is 54.5 Å². The van der Waals surface area contributed by atoms with Crippen molar-refractivity contribution < 1.29 is 4.39 Å². The van der Waals surface area contributed by atoms with E-state index in [1.807, 2.05) is 37.2 Å². The lowest BCUT2D eigenvalue weighted by Crippen LogP contribution is -2.31. The van der Waals surface area contributed by atoms with Crippen LogP contribution >= 0.6 is 11.6 Å². The standard InChI is InChI=1S/C24H29ClFN5/c1-31(2)23-20-5-3-4-6-22(20)29-24(30-23)28-19-10-7-16(8-11-19)14-27-15-17-13-18(26)9-12-21(17)25/h3-6,9,12-13,16,19,27H,7-8,10-11,14-15H2,1-2H3,(H,28,29,30)/t16-,19+. The molecular weight excluding hydrogens is 413 g/mol. The number of benzene rings is 2. The number of rotatable bonds is 7. The van der Waals surface area contributed by atoms with Crippen LogP contribution in [0.15, 0.2) is 42.5 Å². The smallest absolute Gasteiger partial charge is 0.225 e. The molecular formula is C24H29ClFN5. The van der Waals surface area contributed by atoms with Crippen molar-refractivity contribution in [3.63, 3.8) is 0 Å². The average Bonchev–Trinajstić information content (AvgIpc) is 2.76. The molecule has 1 heterocycles. The zero-order valence-electron chi connectivity index (χ0n) is 18.0. The summed E-state index contributed by atoms with van der Waals surface area (Å²) in [6.07, 6.45) is 4.44. The van der Waals surface area contributed by atoms with Crippen molar-refractivity contribution in [1.29, 1.82) is 0 Å². The van der Waals surface area contributed by atoms with Gasteiger partial charge < -0.3 is 15.5 Å². The minimum absolute atomic E-state index is 0.249. The highest BCUT2D eigenvalue weighted by Gasteiger charge is 2.22. The van der Waals surface area contributed by atoms with Crippen LogP contribution in [0.25, 0.3) is 10.9 Å². The Morgan fingerprint density at radius 3 is 2.61 bits per heavy atom. The summed E-state index contributed by atoms with van der Waals surface area (Å²) < 4.78 is 13.4. The Balaban J connectivity index is 1.30. The van der Waals surface area contributed by atoms with Gasteiger partial charge in [0.05, 0.1) is 5.52 Å². The summed E-state index contributed by atoms with van der Waals surface area (Å²) in [5.41, 5.74) is 1.76. The van der Waals surface area contributed by atoms with Gasteiger partial charge in [-0.3, -0.25) is 0 Å². The Morgan fingerprint density at radius 1 is 1.06 bits per heavy atom. The van der Waals surface area contributed by atoms with Crippen LogP contribution in [0.1, 0.15) is 31.2 Å². The van der Waals surface area contributed by atoms with Gasteiger partial charge in [-0.15, -0.1) is 0 Å². The van der Waals surface area contributed by atoms with Crippen LogP contribution in [0.4, 0.5) is 16.2 Å². The molecule has 7 heteroatoms. The number of anilines is 2. The summed E-state index contributed by atoms with van der Waals surface area (Å²) in [4.78, 5) is 11.5. The summed E-state index contributed by atoms with van der Waals surface area (Å²) >= 11 is 6.15. The summed E-state index contributed by atoms with van der Waals surface area (Å²) in [5, 5.41) is 8.67. The minimum atomic E-state index is -0.249. The first-order valence-corrected chi connectivity index (χ1v) is 11.2. The number of nitrogens with one attached hydrogen (secondary N) is 2. The van der Waals surface area contributed by atoms with Crippen LogP contribution in [0.3, 0.4) is 0 Å². The second-order valence-corrected chi connectivity index (χ2v) is 8.92. The third-order valence-corrected chi connectivity index (χ3v) is 6.31. The first kappa shape index (κ1) is 21.8. The van der Waals surface area contributed by atoms with Gasteiger partial charge in [-0.05, 0) is 74.0 Å². The maximum atomic E-state index is 13.4. The predicted molar refractivity (Wildman–Crippen MR) is 126 cm³/mol. The van der Waals surface area contributed by atoms with Gasteiger partial charge in [0, 0.05) is 37.1 Å². The second-order valence-electron chi connectivity index (χ2n) is 8.51. The molecule has 0 bridgehead atoms. The van der Waals surface area contributed by atoms with E-state index >= 15 is 0 Å². The maximum Gasteiger partial charge on any atom is 0.225 e. The molecule has 1 aromatic heterocycles. The van der Waals surface area contributed by atoms with Crippen LogP contribution in [0.2, 0.25) is 5.02 Å². The average molecular weight is 442 g/mol. The monoisotopic (exact) mass is 441 g/mol. The van der Waals surface area contributed by atoms with E-state index in [2.05, 4.69) is 16.7 Å². The lowest BCUT2D eigenvalue weighted by atomic mass is 9.86. The molecule has 0 atom stereocenters. The Bertz CT molecular complexity index is 1030. The quantitative estimate of drug-likeness (QED) is 0.524. The number of nitrogens with zero attached hydrogens (tertiary/aromatic N) is 3. The largest absolute Gasteiger partial charge is 0.362 e. The summed E-state index contributed by atoms with van der Waals surface area (Å²) in [7, 11) is 4.02. The molecule has 2 aromatic carbocycles. The fourth-order valence-electron chi connectivity index (χ4n) is 4.25. The number of halogens is 2. The first-order chi connectivity index (χ1) is 15.0. The minimum Gasteiger partial charge on any atom is -0.362 e. The van der Waals surface area contributed by atoms with Crippen LogP contribution in [-0.4, -0.2) is 36.6 Å². The van der Waals surface area contributed by atoms with Crippen molar-refractivity contribution >= 4 is 34.3 Å². The molecule has 4 rings (SSSR count). The van der Waals surface area contributed by atoms with E-state index in [1.165, 1.54) is 12.1 Å². The molecule has 0 unspecified atom stereocenters. The molecule has 0 spiro atoms. The molecule has 0 amide bonds. The molecule has 0 radical (unpaired) electrons. The van der Waals surface area contributed by atoms with E-state index in [-0.39, 0.29) is 5.82 Å².